The second-order valence-corrected chi connectivity index (χ2v) is 8.73. The number of fused-ring (bicyclic) bond motifs is 3. The first kappa shape index (κ1) is 19.8. The standard InChI is InChI=1S/C22H27N5OS/c1-3-14-8-4-6-10-16(14)24-19(28)13-27(2)12-18-25-21(23)20-15-9-5-7-11-17(15)29-22(20)26-18/h4,6,8,10H,3,5,7,9,11-13H2,1-2H3,(H,24,28)(H2,23,25,26). The number of nitrogens with one attached hydrogen (secondary N) is 1. The highest BCUT2D eigenvalue weighted by Crippen LogP contribution is 2.37. The Bertz CT molecular complexity index is 1050. The number of thiophene rings is 1. The van der Waals surface area contributed by atoms with E-state index in [1.54, 1.807) is 11.3 Å². The number of nitrogen functional groups attached to an aromatic ring is 1. The zero-order valence-electron chi connectivity index (χ0n) is 17.0. The summed E-state index contributed by atoms with van der Waals surface area (Å²) in [5.41, 5.74) is 9.65. The lowest BCUT2D eigenvalue weighted by Gasteiger charge is -2.17. The van der Waals surface area contributed by atoms with Crippen LogP contribution in [0.5, 0.6) is 0 Å². The van der Waals surface area contributed by atoms with Crippen LogP contribution in [0.25, 0.3) is 10.2 Å². The van der Waals surface area contributed by atoms with Crippen molar-refractivity contribution in [2.45, 2.75) is 45.6 Å². The molecule has 0 radical (unpaired) electrons. The van der Waals surface area contributed by atoms with E-state index in [4.69, 9.17) is 10.7 Å². The van der Waals surface area contributed by atoms with Crippen LogP contribution in [-0.4, -0.2) is 34.4 Å². The van der Waals surface area contributed by atoms with E-state index in [0.29, 0.717) is 18.2 Å². The number of anilines is 2. The van der Waals surface area contributed by atoms with Crippen LogP contribution in [0.4, 0.5) is 11.5 Å². The van der Waals surface area contributed by atoms with Crippen molar-refractivity contribution in [2.75, 3.05) is 24.6 Å². The number of aryl methyl sites for hydroxylation is 3. The first-order valence-electron chi connectivity index (χ1n) is 10.2. The lowest BCUT2D eigenvalue weighted by atomic mass is 9.97. The van der Waals surface area contributed by atoms with Crippen molar-refractivity contribution in [3.63, 3.8) is 0 Å². The maximum absolute atomic E-state index is 12.5. The Hall–Kier alpha value is -2.51. The van der Waals surface area contributed by atoms with Gasteiger partial charge in [0.15, 0.2) is 0 Å². The van der Waals surface area contributed by atoms with Crippen molar-refractivity contribution >= 4 is 39.0 Å². The molecule has 7 heteroatoms. The largest absolute Gasteiger partial charge is 0.383 e. The number of carbonyl (C=O) groups is 1. The van der Waals surface area contributed by atoms with Gasteiger partial charge in [-0.3, -0.25) is 9.69 Å². The highest BCUT2D eigenvalue weighted by atomic mass is 32.1. The van der Waals surface area contributed by atoms with Gasteiger partial charge in [-0.25, -0.2) is 9.97 Å². The van der Waals surface area contributed by atoms with E-state index in [-0.39, 0.29) is 12.5 Å². The molecule has 0 fully saturated rings. The first-order chi connectivity index (χ1) is 14.0. The quantitative estimate of drug-likeness (QED) is 0.647. The van der Waals surface area contributed by atoms with E-state index < -0.39 is 0 Å². The van der Waals surface area contributed by atoms with Gasteiger partial charge < -0.3 is 11.1 Å². The minimum Gasteiger partial charge on any atom is -0.383 e. The molecule has 0 bridgehead atoms. The summed E-state index contributed by atoms with van der Waals surface area (Å²) in [6, 6.07) is 7.89. The Labute approximate surface area is 175 Å². The average Bonchev–Trinajstić information content (AvgIpc) is 3.06. The number of hydrogen-bond donors (Lipinski definition) is 2. The summed E-state index contributed by atoms with van der Waals surface area (Å²) in [7, 11) is 1.90. The van der Waals surface area contributed by atoms with E-state index in [9.17, 15) is 4.79 Å². The Balaban J connectivity index is 1.44. The predicted molar refractivity (Wildman–Crippen MR) is 119 cm³/mol. The maximum atomic E-state index is 12.5. The SMILES string of the molecule is CCc1ccccc1NC(=O)CN(C)Cc1nc(N)c2c3c(sc2n1)CCCC3. The number of benzene rings is 1. The van der Waals surface area contributed by atoms with Crippen molar-refractivity contribution < 1.29 is 4.79 Å². The van der Waals surface area contributed by atoms with Crippen LogP contribution in [0.2, 0.25) is 0 Å². The topological polar surface area (TPSA) is 84.1 Å². The Morgan fingerprint density at radius 3 is 2.86 bits per heavy atom. The maximum Gasteiger partial charge on any atom is 0.238 e. The van der Waals surface area contributed by atoms with Crippen LogP contribution < -0.4 is 11.1 Å². The zero-order valence-corrected chi connectivity index (χ0v) is 17.8. The summed E-state index contributed by atoms with van der Waals surface area (Å²) >= 11 is 1.75. The molecule has 0 aliphatic heterocycles. The van der Waals surface area contributed by atoms with Crippen molar-refractivity contribution in [1.29, 1.82) is 0 Å². The molecule has 1 aliphatic rings. The molecule has 0 unspecified atom stereocenters. The third kappa shape index (κ3) is 4.26. The Morgan fingerprint density at radius 1 is 1.24 bits per heavy atom. The van der Waals surface area contributed by atoms with Crippen LogP contribution >= 0.6 is 11.3 Å². The molecule has 0 saturated carbocycles. The second-order valence-electron chi connectivity index (χ2n) is 7.65. The third-order valence-corrected chi connectivity index (χ3v) is 6.57. The van der Waals surface area contributed by atoms with Crippen molar-refractivity contribution in [3.8, 4) is 0 Å². The number of aromatic nitrogens is 2. The van der Waals surface area contributed by atoms with Crippen LogP contribution in [-0.2, 0) is 30.6 Å². The number of likely N-dealkylation sites (N-methyl/N-ethyl adjacent to an activating group) is 1. The van der Waals surface area contributed by atoms with Gasteiger partial charge in [0.2, 0.25) is 5.91 Å². The van der Waals surface area contributed by atoms with Gasteiger partial charge in [0, 0.05) is 10.6 Å². The highest BCUT2D eigenvalue weighted by Gasteiger charge is 2.20. The van der Waals surface area contributed by atoms with E-state index in [1.807, 2.05) is 36.2 Å². The summed E-state index contributed by atoms with van der Waals surface area (Å²) in [5, 5.41) is 4.05. The number of nitrogens with zero attached hydrogens (tertiary/aromatic N) is 3. The molecule has 0 atom stereocenters. The molecule has 1 aromatic carbocycles. The molecule has 3 aromatic rings. The van der Waals surface area contributed by atoms with Crippen LogP contribution in [0.3, 0.4) is 0 Å². The Morgan fingerprint density at radius 2 is 2.03 bits per heavy atom. The van der Waals surface area contributed by atoms with E-state index in [1.165, 1.54) is 23.3 Å². The molecule has 2 heterocycles. The van der Waals surface area contributed by atoms with Gasteiger partial charge in [0.1, 0.15) is 16.5 Å². The van der Waals surface area contributed by atoms with Gasteiger partial charge in [0.05, 0.1) is 18.5 Å². The van der Waals surface area contributed by atoms with E-state index in [2.05, 4.69) is 17.2 Å². The molecule has 0 spiro atoms. The third-order valence-electron chi connectivity index (χ3n) is 5.39. The van der Waals surface area contributed by atoms with Gasteiger partial charge in [-0.05, 0) is 56.3 Å². The highest BCUT2D eigenvalue weighted by molar-refractivity contribution is 7.19. The predicted octanol–water partition coefficient (Wildman–Crippen LogP) is 3.79. The van der Waals surface area contributed by atoms with Crippen LogP contribution in [0.1, 0.15) is 41.6 Å². The molecule has 2 aromatic heterocycles. The molecule has 6 nitrogen and oxygen atoms in total. The van der Waals surface area contributed by atoms with Gasteiger partial charge >= 0.3 is 0 Å². The van der Waals surface area contributed by atoms with Crippen LogP contribution in [0.15, 0.2) is 24.3 Å². The number of para-hydroxylation sites is 1. The van der Waals surface area contributed by atoms with Crippen LogP contribution in [0, 0.1) is 0 Å². The van der Waals surface area contributed by atoms with Gasteiger partial charge in [-0.15, -0.1) is 11.3 Å². The van der Waals surface area contributed by atoms with Crippen molar-refractivity contribution in [3.05, 3.63) is 46.1 Å². The summed E-state index contributed by atoms with van der Waals surface area (Å²) in [6.45, 7) is 2.82. The van der Waals surface area contributed by atoms with Gasteiger partial charge in [-0.2, -0.15) is 0 Å². The van der Waals surface area contributed by atoms with Gasteiger partial charge in [-0.1, -0.05) is 25.1 Å². The van der Waals surface area contributed by atoms with Crippen molar-refractivity contribution in [1.82, 2.24) is 14.9 Å². The molecule has 0 saturated heterocycles. The van der Waals surface area contributed by atoms with E-state index >= 15 is 0 Å². The molecule has 3 N–H and O–H groups in total. The zero-order chi connectivity index (χ0) is 20.4. The Kier molecular flexibility index (Phi) is 5.78. The molecule has 152 valence electrons. The summed E-state index contributed by atoms with van der Waals surface area (Å²) in [4.78, 5) is 26.1. The smallest absolute Gasteiger partial charge is 0.238 e. The monoisotopic (exact) mass is 409 g/mol. The minimum atomic E-state index is -0.0472. The molecule has 1 aliphatic carbocycles. The lowest BCUT2D eigenvalue weighted by Crippen LogP contribution is -2.30. The van der Waals surface area contributed by atoms with E-state index in [0.717, 1.165) is 40.7 Å². The molecular weight excluding hydrogens is 382 g/mol. The molecule has 4 rings (SSSR count). The number of rotatable bonds is 6. The molecule has 1 amide bonds. The fourth-order valence-electron chi connectivity index (χ4n) is 3.99. The summed E-state index contributed by atoms with van der Waals surface area (Å²) in [6.07, 6.45) is 5.51. The minimum absolute atomic E-state index is 0.0472. The summed E-state index contributed by atoms with van der Waals surface area (Å²) in [5.74, 6) is 1.19. The summed E-state index contributed by atoms with van der Waals surface area (Å²) < 4.78 is 0. The number of amides is 1. The molecular formula is C22H27N5OS. The number of carbonyl (C=O) groups excluding carboxylic acids is 1. The van der Waals surface area contributed by atoms with Gasteiger partial charge in [0.25, 0.3) is 0 Å². The normalized spacial score (nSPS) is 13.6. The number of nitrogens with two attached hydrogens (primary N) is 1. The number of hydrogen-bond acceptors (Lipinski definition) is 6. The fourth-order valence-corrected chi connectivity index (χ4v) is 5.27. The second kappa shape index (κ2) is 8.47. The first-order valence-corrected chi connectivity index (χ1v) is 11.0. The lowest BCUT2D eigenvalue weighted by molar-refractivity contribution is -0.117. The fraction of sp³-hybridized carbons (Fsp3) is 0.409. The molecule has 29 heavy (non-hydrogen) atoms. The van der Waals surface area contributed by atoms with Crippen molar-refractivity contribution in [2.24, 2.45) is 0 Å². The average molecular weight is 410 g/mol.